The Hall–Kier alpha value is -1.52. The smallest absolute Gasteiger partial charge is 0.324 e. The second-order valence-electron chi connectivity index (χ2n) is 11.7. The van der Waals surface area contributed by atoms with E-state index in [9.17, 15) is 35.5 Å². The zero-order valence-electron chi connectivity index (χ0n) is 25.6. The molecule has 0 saturated carbocycles. The van der Waals surface area contributed by atoms with Crippen molar-refractivity contribution >= 4 is 24.9 Å². The van der Waals surface area contributed by atoms with Crippen LogP contribution < -0.4 is 10.6 Å². The maximum Gasteiger partial charge on any atom is 0.416 e. The molecule has 0 N–H and O–H groups in total. The minimum absolute atomic E-state index is 0.136. The molecular formula is C33H48F6O2P2. The summed E-state index contributed by atoms with van der Waals surface area (Å²) in [4.78, 5) is 0. The van der Waals surface area contributed by atoms with Gasteiger partial charge in [0, 0.05) is 35.3 Å². The van der Waals surface area contributed by atoms with E-state index < -0.39 is 37.8 Å². The standard InChI is InChI=1S/C33H48F6O2P2/c1-3-5-7-9-11-13-22-42(40,23-14-12-10-8-6-4-2)24-17-25-43(41,30-20-15-18-28(26-30)32(34,35)36)31-21-16-19-29(27-31)33(37,38)39/h15-16,18-21,26-27H,3-14,17,22-25H2,1-2H3. The molecule has 2 rings (SSSR count). The highest BCUT2D eigenvalue weighted by molar-refractivity contribution is 7.78. The molecule has 0 bridgehead atoms. The first kappa shape index (κ1) is 37.7. The fourth-order valence-electron chi connectivity index (χ4n) is 5.50. The molecule has 0 atom stereocenters. The van der Waals surface area contributed by atoms with Gasteiger partial charge in [0.25, 0.3) is 0 Å². The molecule has 0 aliphatic rings. The summed E-state index contributed by atoms with van der Waals surface area (Å²) >= 11 is 0. The largest absolute Gasteiger partial charge is 0.416 e. The maximum atomic E-state index is 14.6. The Morgan fingerprint density at radius 2 is 0.884 bits per heavy atom. The van der Waals surface area contributed by atoms with Crippen LogP contribution >= 0.6 is 14.3 Å². The second-order valence-corrected chi connectivity index (χ2v) is 18.1. The van der Waals surface area contributed by atoms with Crippen molar-refractivity contribution in [2.75, 3.05) is 24.6 Å². The van der Waals surface area contributed by atoms with Gasteiger partial charge in [-0.2, -0.15) is 26.3 Å². The molecule has 0 heterocycles. The highest BCUT2D eigenvalue weighted by atomic mass is 31.2. The van der Waals surface area contributed by atoms with Gasteiger partial charge in [-0.25, -0.2) is 0 Å². The fraction of sp³-hybridized carbons (Fsp3) is 0.636. The van der Waals surface area contributed by atoms with Gasteiger partial charge in [0.05, 0.1) is 18.3 Å². The van der Waals surface area contributed by atoms with E-state index in [1.54, 1.807) is 0 Å². The summed E-state index contributed by atoms with van der Waals surface area (Å²) in [5.41, 5.74) is -2.01. The number of hydrogen-bond donors (Lipinski definition) is 0. The minimum Gasteiger partial charge on any atom is -0.324 e. The zero-order chi connectivity index (χ0) is 32.0. The molecule has 2 aromatic carbocycles. The molecule has 244 valence electrons. The molecule has 0 fully saturated rings. The normalized spacial score (nSPS) is 13.0. The molecule has 2 aromatic rings. The molecule has 2 nitrogen and oxygen atoms in total. The lowest BCUT2D eigenvalue weighted by atomic mass is 10.1. The predicted molar refractivity (Wildman–Crippen MR) is 168 cm³/mol. The Morgan fingerprint density at radius 3 is 1.28 bits per heavy atom. The van der Waals surface area contributed by atoms with Gasteiger partial charge in [0.2, 0.25) is 0 Å². The highest BCUT2D eigenvalue weighted by Gasteiger charge is 2.36. The SMILES string of the molecule is CCCCCCCCP(=O)(CCCCCCCC)CCCP(=O)(c1cccc(C(F)(F)F)c1)c1cccc(C(F)(F)F)c1. The molecule has 0 aromatic heterocycles. The zero-order valence-corrected chi connectivity index (χ0v) is 27.4. The summed E-state index contributed by atoms with van der Waals surface area (Å²) in [6.45, 7) is 4.29. The third-order valence-corrected chi connectivity index (χ3v) is 14.6. The Kier molecular flexibility index (Phi) is 15.6. The molecule has 10 heteroatoms. The van der Waals surface area contributed by atoms with Gasteiger partial charge < -0.3 is 9.13 Å². The van der Waals surface area contributed by atoms with Crippen LogP contribution in [0.5, 0.6) is 0 Å². The summed E-state index contributed by atoms with van der Waals surface area (Å²) in [5, 5.41) is -0.272. The minimum atomic E-state index is -4.70. The van der Waals surface area contributed by atoms with E-state index in [2.05, 4.69) is 13.8 Å². The third-order valence-electron chi connectivity index (χ3n) is 8.06. The lowest BCUT2D eigenvalue weighted by Crippen LogP contribution is -2.22. The van der Waals surface area contributed by atoms with Crippen molar-refractivity contribution < 1.29 is 35.5 Å². The van der Waals surface area contributed by atoms with Gasteiger partial charge in [-0.1, -0.05) is 102 Å². The summed E-state index contributed by atoms with van der Waals surface area (Å²) in [6.07, 6.45) is 4.73. The Balaban J connectivity index is 2.30. The summed E-state index contributed by atoms with van der Waals surface area (Å²) in [6, 6.07) is 8.15. The average molecular weight is 653 g/mol. The van der Waals surface area contributed by atoms with Gasteiger partial charge in [-0.3, -0.25) is 0 Å². The van der Waals surface area contributed by atoms with Crippen molar-refractivity contribution in [1.82, 2.24) is 0 Å². The third kappa shape index (κ3) is 12.8. The first-order valence-corrected chi connectivity index (χ1v) is 19.9. The second kappa shape index (κ2) is 17.8. The quantitative estimate of drug-likeness (QED) is 0.0810. The van der Waals surface area contributed by atoms with E-state index in [0.29, 0.717) is 18.5 Å². The monoisotopic (exact) mass is 652 g/mol. The molecule has 0 aliphatic carbocycles. The van der Waals surface area contributed by atoms with Crippen LogP contribution in [0.2, 0.25) is 0 Å². The number of rotatable bonds is 20. The van der Waals surface area contributed by atoms with E-state index in [1.165, 1.54) is 12.1 Å². The Morgan fingerprint density at radius 1 is 0.512 bits per heavy atom. The van der Waals surface area contributed by atoms with Crippen molar-refractivity contribution in [2.24, 2.45) is 0 Å². The van der Waals surface area contributed by atoms with E-state index in [0.717, 1.165) is 113 Å². The van der Waals surface area contributed by atoms with E-state index in [1.807, 2.05) is 0 Å². The molecule has 0 unspecified atom stereocenters. The fourth-order valence-corrected chi connectivity index (χ4v) is 11.5. The molecule has 43 heavy (non-hydrogen) atoms. The van der Waals surface area contributed by atoms with Crippen LogP contribution in [0, 0.1) is 0 Å². The van der Waals surface area contributed by atoms with Crippen LogP contribution in [0.25, 0.3) is 0 Å². The van der Waals surface area contributed by atoms with Crippen molar-refractivity contribution in [2.45, 2.75) is 110 Å². The molecule has 0 radical (unpaired) electrons. The number of benzene rings is 2. The highest BCUT2D eigenvalue weighted by Crippen LogP contribution is 2.51. The van der Waals surface area contributed by atoms with Crippen LogP contribution in [-0.2, 0) is 21.5 Å². The maximum absolute atomic E-state index is 14.6. The summed E-state index contributed by atoms with van der Waals surface area (Å²) < 4.78 is 110. The van der Waals surface area contributed by atoms with Crippen LogP contribution in [0.15, 0.2) is 48.5 Å². The van der Waals surface area contributed by atoms with Crippen LogP contribution in [-0.4, -0.2) is 24.6 Å². The first-order valence-electron chi connectivity index (χ1n) is 15.8. The van der Waals surface area contributed by atoms with Crippen molar-refractivity contribution in [3.63, 3.8) is 0 Å². The summed E-state index contributed by atoms with van der Waals surface area (Å²) in [7, 11) is -6.57. The number of hydrogen-bond acceptors (Lipinski definition) is 2. The number of unbranched alkanes of at least 4 members (excludes halogenated alkanes) is 10. The summed E-state index contributed by atoms with van der Waals surface area (Å²) in [5.74, 6) is 0. The molecule has 0 aliphatic heterocycles. The van der Waals surface area contributed by atoms with E-state index >= 15 is 0 Å². The molecule has 0 spiro atoms. The first-order chi connectivity index (χ1) is 20.2. The van der Waals surface area contributed by atoms with Crippen LogP contribution in [0.3, 0.4) is 0 Å². The van der Waals surface area contributed by atoms with E-state index in [4.69, 9.17) is 0 Å². The number of alkyl halides is 6. The Bertz CT molecular complexity index is 1110. The lowest BCUT2D eigenvalue weighted by Gasteiger charge is -2.24. The van der Waals surface area contributed by atoms with Gasteiger partial charge in [-0.15, -0.1) is 0 Å². The average Bonchev–Trinajstić information content (AvgIpc) is 2.96. The van der Waals surface area contributed by atoms with E-state index in [-0.39, 0.29) is 23.2 Å². The lowest BCUT2D eigenvalue weighted by molar-refractivity contribution is -0.138. The molecular weight excluding hydrogens is 604 g/mol. The van der Waals surface area contributed by atoms with Crippen LogP contribution in [0.4, 0.5) is 26.3 Å². The van der Waals surface area contributed by atoms with Crippen molar-refractivity contribution in [3.8, 4) is 0 Å². The van der Waals surface area contributed by atoms with Crippen LogP contribution in [0.1, 0.15) is 108 Å². The van der Waals surface area contributed by atoms with Gasteiger partial charge in [-0.05, 0) is 43.5 Å². The van der Waals surface area contributed by atoms with Gasteiger partial charge >= 0.3 is 12.4 Å². The van der Waals surface area contributed by atoms with Gasteiger partial charge in [0.15, 0.2) is 0 Å². The van der Waals surface area contributed by atoms with Gasteiger partial charge in [0.1, 0.15) is 7.14 Å². The predicted octanol–water partition coefficient (Wildman–Crippen LogP) is 11.5. The van der Waals surface area contributed by atoms with Crippen molar-refractivity contribution in [1.29, 1.82) is 0 Å². The molecule has 0 amide bonds. The number of halogens is 6. The Labute approximate surface area is 254 Å². The van der Waals surface area contributed by atoms with Crippen molar-refractivity contribution in [3.05, 3.63) is 59.7 Å². The molecule has 0 saturated heterocycles. The topological polar surface area (TPSA) is 34.1 Å².